The molecule has 5 aromatic rings. The summed E-state index contributed by atoms with van der Waals surface area (Å²) in [6.45, 7) is 1.98. The van der Waals surface area contributed by atoms with Crippen LogP contribution < -0.4 is 10.9 Å². The van der Waals surface area contributed by atoms with Crippen LogP contribution in [-0.2, 0) is 4.79 Å². The van der Waals surface area contributed by atoms with Crippen LogP contribution in [0.15, 0.2) is 93.4 Å². The van der Waals surface area contributed by atoms with Crippen molar-refractivity contribution >= 4 is 57.5 Å². The van der Waals surface area contributed by atoms with Crippen LogP contribution in [0.2, 0.25) is 10.0 Å². The van der Waals surface area contributed by atoms with E-state index in [2.05, 4.69) is 10.3 Å². The first-order chi connectivity index (χ1) is 17.4. The Labute approximate surface area is 220 Å². The van der Waals surface area contributed by atoms with Crippen LogP contribution in [0.5, 0.6) is 0 Å². The summed E-state index contributed by atoms with van der Waals surface area (Å²) in [5, 5.41) is 5.04. The lowest BCUT2D eigenvalue weighted by atomic mass is 10.1. The molecule has 0 saturated carbocycles. The van der Waals surface area contributed by atoms with Gasteiger partial charge in [0, 0.05) is 22.3 Å². The molecular formula is C27H19Cl2N3O3S. The zero-order valence-corrected chi connectivity index (χ0v) is 21.3. The van der Waals surface area contributed by atoms with Crippen molar-refractivity contribution in [1.82, 2.24) is 9.55 Å². The number of amides is 1. The Morgan fingerprint density at radius 1 is 1.06 bits per heavy atom. The summed E-state index contributed by atoms with van der Waals surface area (Å²) in [5.41, 5.74) is 3.14. The second kappa shape index (κ2) is 10.2. The molecule has 6 nitrogen and oxygen atoms in total. The van der Waals surface area contributed by atoms with Crippen molar-refractivity contribution in [1.29, 1.82) is 0 Å². The minimum absolute atomic E-state index is 0.0991. The molecule has 2 aromatic heterocycles. The van der Waals surface area contributed by atoms with E-state index in [9.17, 15) is 9.59 Å². The van der Waals surface area contributed by atoms with Crippen molar-refractivity contribution in [2.45, 2.75) is 12.1 Å². The lowest BCUT2D eigenvalue weighted by molar-refractivity contribution is -0.113. The standard InChI is InChI=1S/C27H19Cl2N3O3S/c1-16-6-9-19(10-7-16)30-25(33)15-36-27-31-22(14-32(27)23-11-8-18(28)13-21(23)29)20-12-17-4-2-3-5-24(17)35-26(20)34/h2-14H,15H2,1H3,(H,30,33). The predicted molar refractivity (Wildman–Crippen MR) is 146 cm³/mol. The van der Waals surface area contributed by atoms with E-state index in [1.165, 1.54) is 11.8 Å². The van der Waals surface area contributed by atoms with Gasteiger partial charge >= 0.3 is 5.63 Å². The SMILES string of the molecule is Cc1ccc(NC(=O)CSc2nc(-c3cc4ccccc4oc3=O)cn2-c2ccc(Cl)cc2Cl)cc1. The summed E-state index contributed by atoms with van der Waals surface area (Å²) in [5.74, 6) is -0.0885. The molecule has 0 unspecified atom stereocenters. The molecule has 0 bridgehead atoms. The number of nitrogens with zero attached hydrogens (tertiary/aromatic N) is 2. The number of thioether (sulfide) groups is 1. The second-order valence-corrected chi connectivity index (χ2v) is 9.85. The highest BCUT2D eigenvalue weighted by Gasteiger charge is 2.18. The van der Waals surface area contributed by atoms with Crippen LogP contribution in [-0.4, -0.2) is 21.2 Å². The number of halogens is 2. The molecule has 1 amide bonds. The van der Waals surface area contributed by atoms with E-state index in [4.69, 9.17) is 27.6 Å². The van der Waals surface area contributed by atoms with Crippen LogP contribution in [0.1, 0.15) is 5.56 Å². The molecule has 0 radical (unpaired) electrons. The number of imidazole rings is 1. The van der Waals surface area contributed by atoms with Crippen molar-refractivity contribution < 1.29 is 9.21 Å². The van der Waals surface area contributed by atoms with Gasteiger partial charge in [-0.25, -0.2) is 9.78 Å². The molecule has 0 aliphatic rings. The minimum atomic E-state index is -0.505. The fraction of sp³-hybridized carbons (Fsp3) is 0.0741. The van der Waals surface area contributed by atoms with Crippen LogP contribution in [0.25, 0.3) is 27.9 Å². The maximum absolute atomic E-state index is 12.8. The molecule has 5 rings (SSSR count). The average Bonchev–Trinajstić information content (AvgIpc) is 3.27. The molecule has 0 spiro atoms. The fourth-order valence-electron chi connectivity index (χ4n) is 3.65. The fourth-order valence-corrected chi connectivity index (χ4v) is 4.93. The van der Waals surface area contributed by atoms with E-state index in [0.717, 1.165) is 10.9 Å². The largest absolute Gasteiger partial charge is 0.422 e. The van der Waals surface area contributed by atoms with Gasteiger partial charge in [-0.3, -0.25) is 9.36 Å². The molecule has 9 heteroatoms. The number of carbonyl (C=O) groups is 1. The number of hydrogen-bond donors (Lipinski definition) is 1. The van der Waals surface area contributed by atoms with E-state index in [1.807, 2.05) is 43.3 Å². The highest BCUT2D eigenvalue weighted by molar-refractivity contribution is 7.99. The van der Waals surface area contributed by atoms with Gasteiger partial charge in [0.1, 0.15) is 5.58 Å². The van der Waals surface area contributed by atoms with Gasteiger partial charge < -0.3 is 9.73 Å². The number of hydrogen-bond acceptors (Lipinski definition) is 5. The van der Waals surface area contributed by atoms with E-state index in [-0.39, 0.29) is 11.7 Å². The Hall–Kier alpha value is -3.52. The van der Waals surface area contributed by atoms with Gasteiger partial charge in [0.2, 0.25) is 5.91 Å². The van der Waals surface area contributed by atoms with Crippen LogP contribution in [0, 0.1) is 6.92 Å². The Balaban J connectivity index is 1.50. The molecular weight excluding hydrogens is 517 g/mol. The van der Waals surface area contributed by atoms with Gasteiger partial charge in [-0.1, -0.05) is 70.9 Å². The van der Waals surface area contributed by atoms with Crippen molar-refractivity contribution in [2.75, 3.05) is 11.1 Å². The summed E-state index contributed by atoms with van der Waals surface area (Å²) >= 11 is 13.8. The summed E-state index contributed by atoms with van der Waals surface area (Å²) in [6.07, 6.45) is 1.70. The zero-order valence-electron chi connectivity index (χ0n) is 19.0. The maximum Gasteiger partial charge on any atom is 0.345 e. The van der Waals surface area contributed by atoms with Crippen LogP contribution >= 0.6 is 35.0 Å². The normalized spacial score (nSPS) is 11.1. The number of carbonyl (C=O) groups excluding carboxylic acids is 1. The van der Waals surface area contributed by atoms with Crippen LogP contribution in [0.3, 0.4) is 0 Å². The quantitative estimate of drug-likeness (QED) is 0.187. The van der Waals surface area contributed by atoms with Crippen molar-refractivity contribution in [3.05, 3.63) is 105 Å². The van der Waals surface area contributed by atoms with Crippen LogP contribution in [0.4, 0.5) is 5.69 Å². The topological polar surface area (TPSA) is 77.1 Å². The molecule has 180 valence electrons. The molecule has 0 atom stereocenters. The zero-order chi connectivity index (χ0) is 25.2. The molecule has 3 aromatic carbocycles. The van der Waals surface area contributed by atoms with E-state index >= 15 is 0 Å². The third kappa shape index (κ3) is 5.18. The maximum atomic E-state index is 12.8. The number of para-hydroxylation sites is 1. The number of aryl methyl sites for hydroxylation is 1. The number of aromatic nitrogens is 2. The number of nitrogens with one attached hydrogen (secondary N) is 1. The Kier molecular flexibility index (Phi) is 6.87. The minimum Gasteiger partial charge on any atom is -0.422 e. The van der Waals surface area contributed by atoms with E-state index in [0.29, 0.717) is 43.4 Å². The monoisotopic (exact) mass is 535 g/mol. The molecule has 36 heavy (non-hydrogen) atoms. The lowest BCUT2D eigenvalue weighted by Crippen LogP contribution is -2.14. The Morgan fingerprint density at radius 3 is 2.61 bits per heavy atom. The molecule has 1 N–H and O–H groups in total. The summed E-state index contributed by atoms with van der Waals surface area (Å²) < 4.78 is 7.24. The molecule has 2 heterocycles. The number of anilines is 1. The molecule has 0 aliphatic carbocycles. The first kappa shape index (κ1) is 24.2. The van der Waals surface area contributed by atoms with Crippen molar-refractivity contribution in [2.24, 2.45) is 0 Å². The molecule has 0 saturated heterocycles. The third-order valence-corrected chi connectivity index (χ3v) is 6.92. The highest BCUT2D eigenvalue weighted by atomic mass is 35.5. The molecule has 0 aliphatic heterocycles. The smallest absolute Gasteiger partial charge is 0.345 e. The van der Waals surface area contributed by atoms with E-state index < -0.39 is 5.63 Å². The summed E-state index contributed by atoms with van der Waals surface area (Å²) in [6, 6.07) is 21.7. The van der Waals surface area contributed by atoms with Gasteiger partial charge in [0.25, 0.3) is 0 Å². The summed E-state index contributed by atoms with van der Waals surface area (Å²) in [7, 11) is 0. The lowest BCUT2D eigenvalue weighted by Gasteiger charge is -2.10. The van der Waals surface area contributed by atoms with Gasteiger partial charge in [-0.2, -0.15) is 0 Å². The van der Waals surface area contributed by atoms with Gasteiger partial charge in [-0.15, -0.1) is 0 Å². The summed E-state index contributed by atoms with van der Waals surface area (Å²) in [4.78, 5) is 30.1. The van der Waals surface area contributed by atoms with Gasteiger partial charge in [-0.05, 0) is 49.4 Å². The third-order valence-electron chi connectivity index (χ3n) is 5.43. The number of rotatable bonds is 6. The average molecular weight is 536 g/mol. The highest BCUT2D eigenvalue weighted by Crippen LogP contribution is 2.32. The first-order valence-corrected chi connectivity index (χ1v) is 12.7. The van der Waals surface area contributed by atoms with Crippen molar-refractivity contribution in [3.63, 3.8) is 0 Å². The number of benzene rings is 3. The van der Waals surface area contributed by atoms with Gasteiger partial charge in [0.05, 0.1) is 27.7 Å². The Bertz CT molecular complexity index is 1640. The number of fused-ring (bicyclic) bond motifs is 1. The Morgan fingerprint density at radius 2 is 1.83 bits per heavy atom. The first-order valence-electron chi connectivity index (χ1n) is 10.9. The predicted octanol–water partition coefficient (Wildman–Crippen LogP) is 6.99. The van der Waals surface area contributed by atoms with Crippen molar-refractivity contribution in [3.8, 4) is 16.9 Å². The van der Waals surface area contributed by atoms with E-state index in [1.54, 1.807) is 47.2 Å². The van der Waals surface area contributed by atoms with Gasteiger partial charge in [0.15, 0.2) is 5.16 Å². The molecule has 0 fully saturated rings. The second-order valence-electron chi connectivity index (χ2n) is 8.06.